The molecule has 0 bridgehead atoms. The molecule has 21 heavy (non-hydrogen) atoms. The summed E-state index contributed by atoms with van der Waals surface area (Å²) in [5, 5.41) is 2.00. The van der Waals surface area contributed by atoms with E-state index in [1.165, 1.54) is 6.20 Å². The molecule has 0 fully saturated rings. The van der Waals surface area contributed by atoms with Crippen LogP contribution in [0.15, 0.2) is 47.4 Å². The van der Waals surface area contributed by atoms with E-state index >= 15 is 0 Å². The number of benzene rings is 1. The molecule has 1 heterocycles. The zero-order valence-electron chi connectivity index (χ0n) is 10.7. The minimum absolute atomic E-state index is 0.0831. The van der Waals surface area contributed by atoms with Crippen LogP contribution in [0.5, 0.6) is 0 Å². The normalized spacial score (nSPS) is 11.3. The van der Waals surface area contributed by atoms with Crippen molar-refractivity contribution in [1.82, 2.24) is 4.98 Å². The Labute approximate surface area is 127 Å². The Morgan fingerprint density at radius 1 is 1.05 bits per heavy atom. The summed E-state index contributed by atoms with van der Waals surface area (Å²) in [4.78, 5) is 16.8. The van der Waals surface area contributed by atoms with E-state index in [0.717, 1.165) is 5.39 Å². The van der Waals surface area contributed by atoms with Gasteiger partial charge in [0.25, 0.3) is 0 Å². The molecule has 0 radical (unpaired) electrons. The summed E-state index contributed by atoms with van der Waals surface area (Å²) in [5.74, 6) is -0.0831. The van der Waals surface area contributed by atoms with Crippen LogP contribution in [-0.2, 0) is 16.5 Å². The molecule has 1 aromatic heterocycles. The van der Waals surface area contributed by atoms with E-state index in [-0.39, 0.29) is 11.2 Å². The summed E-state index contributed by atoms with van der Waals surface area (Å²) < 4.78 is 21.7. The van der Waals surface area contributed by atoms with Crippen LogP contribution in [0, 0.1) is 0 Å². The summed E-state index contributed by atoms with van der Waals surface area (Å²) in [6.07, 6.45) is 1.49. The Kier molecular flexibility index (Phi) is 3.61. The minimum Gasteiger partial charge on any atom is -0.289 e. The Balaban J connectivity index is 2.42. The van der Waals surface area contributed by atoms with E-state index in [9.17, 15) is 13.2 Å². The predicted octanol–water partition coefficient (Wildman–Crippen LogP) is 2.51. The largest absolute Gasteiger partial charge is 0.289 e. The Bertz CT molecular complexity index is 991. The van der Waals surface area contributed by atoms with Crippen molar-refractivity contribution in [3.05, 3.63) is 63.4 Å². The lowest BCUT2D eigenvalue weighted by Crippen LogP contribution is -2.00. The van der Waals surface area contributed by atoms with Crippen molar-refractivity contribution in [1.29, 1.82) is 0 Å². The van der Waals surface area contributed by atoms with Crippen molar-refractivity contribution in [3.8, 4) is 0 Å². The van der Waals surface area contributed by atoms with E-state index in [0.29, 0.717) is 26.9 Å². The maximum Gasteiger partial charge on any atom is 0.195 e. The van der Waals surface area contributed by atoms with Crippen molar-refractivity contribution in [2.45, 2.75) is 5.75 Å². The van der Waals surface area contributed by atoms with E-state index in [1.807, 2.05) is 0 Å². The number of aromatic nitrogens is 1. The summed E-state index contributed by atoms with van der Waals surface area (Å²) >= 11 is 5.90. The van der Waals surface area contributed by atoms with Crippen molar-refractivity contribution in [3.63, 3.8) is 0 Å². The van der Waals surface area contributed by atoms with Crippen LogP contribution in [-0.4, -0.2) is 13.4 Å². The lowest BCUT2D eigenvalue weighted by Gasteiger charge is -1.97. The fraction of sp³-hybridized carbons (Fsp3) is 0.0667. The molecule has 3 aromatic rings. The Hall–Kier alpha value is -1.98. The molecule has 0 unspecified atom stereocenters. The van der Waals surface area contributed by atoms with Crippen LogP contribution in [0.3, 0.4) is 0 Å². The van der Waals surface area contributed by atoms with Gasteiger partial charge in [0.1, 0.15) is 10.7 Å². The molecule has 0 amide bonds. The molecule has 0 N–H and O–H groups in total. The SMILES string of the molecule is O=c1c2cc(C[SH](=O)=O)ccc2ccc2ncc(Cl)cc12. The molecule has 0 spiro atoms. The second-order valence-corrected chi connectivity index (χ2v) is 6.08. The van der Waals surface area contributed by atoms with Gasteiger partial charge in [-0.05, 0) is 29.1 Å². The highest BCUT2D eigenvalue weighted by atomic mass is 35.5. The minimum atomic E-state index is -2.53. The predicted molar refractivity (Wildman–Crippen MR) is 84.5 cm³/mol. The standard InChI is InChI=1S/C15H10ClNO3S/c16-11-6-13-14(17-7-11)4-3-10-2-1-9(8-21(19)20)5-12(10)15(13)18/h1-7,21H,8H2. The third-order valence-electron chi connectivity index (χ3n) is 3.22. The topological polar surface area (TPSA) is 64.1 Å². The van der Waals surface area contributed by atoms with Crippen LogP contribution in [0.1, 0.15) is 5.56 Å². The smallest absolute Gasteiger partial charge is 0.195 e. The molecule has 2 aromatic carbocycles. The maximum atomic E-state index is 12.6. The van der Waals surface area contributed by atoms with Gasteiger partial charge in [-0.15, -0.1) is 0 Å². The van der Waals surface area contributed by atoms with Gasteiger partial charge in [0.2, 0.25) is 0 Å². The van der Waals surface area contributed by atoms with E-state index in [4.69, 9.17) is 11.6 Å². The molecule has 106 valence electrons. The van der Waals surface area contributed by atoms with E-state index < -0.39 is 10.7 Å². The van der Waals surface area contributed by atoms with Crippen LogP contribution in [0.25, 0.3) is 21.7 Å². The molecule has 0 saturated carbocycles. The first-order valence-electron chi connectivity index (χ1n) is 6.17. The van der Waals surface area contributed by atoms with E-state index in [2.05, 4.69) is 4.98 Å². The molecule has 4 nitrogen and oxygen atoms in total. The maximum absolute atomic E-state index is 12.6. The molecule has 0 aliphatic heterocycles. The molecule has 0 aliphatic rings. The number of nitrogens with zero attached hydrogens (tertiary/aromatic N) is 1. The second-order valence-electron chi connectivity index (χ2n) is 4.66. The molecule has 0 aliphatic carbocycles. The highest BCUT2D eigenvalue weighted by Crippen LogP contribution is 2.18. The first kappa shape index (κ1) is 14.0. The molecule has 0 saturated heterocycles. The number of rotatable bonds is 2. The number of fused-ring (bicyclic) bond motifs is 2. The van der Waals surface area contributed by atoms with Crippen molar-refractivity contribution >= 4 is 44.0 Å². The number of hydrogen-bond acceptors (Lipinski definition) is 4. The lowest BCUT2D eigenvalue weighted by molar-refractivity contribution is 0.614. The van der Waals surface area contributed by atoms with Gasteiger partial charge in [0, 0.05) is 17.0 Å². The monoisotopic (exact) mass is 319 g/mol. The zero-order chi connectivity index (χ0) is 15.0. The first-order valence-corrected chi connectivity index (χ1v) is 7.92. The molecule has 3 rings (SSSR count). The number of halogens is 1. The second kappa shape index (κ2) is 5.42. The third kappa shape index (κ3) is 2.75. The van der Waals surface area contributed by atoms with Gasteiger partial charge in [0.05, 0.1) is 16.3 Å². The highest BCUT2D eigenvalue weighted by Gasteiger charge is 2.05. The Morgan fingerprint density at radius 3 is 2.57 bits per heavy atom. The number of pyridine rings is 1. The quantitative estimate of drug-likeness (QED) is 0.737. The summed E-state index contributed by atoms with van der Waals surface area (Å²) in [6.45, 7) is 0. The summed E-state index contributed by atoms with van der Waals surface area (Å²) in [7, 11) is -2.53. The number of hydrogen-bond donors (Lipinski definition) is 1. The fourth-order valence-electron chi connectivity index (χ4n) is 2.27. The summed E-state index contributed by atoms with van der Waals surface area (Å²) in [5.41, 5.74) is 0.935. The van der Waals surface area contributed by atoms with Gasteiger partial charge in [-0.3, -0.25) is 9.78 Å². The number of thiol groups is 1. The molecule has 6 heteroatoms. The van der Waals surface area contributed by atoms with Gasteiger partial charge in [-0.1, -0.05) is 29.8 Å². The van der Waals surface area contributed by atoms with E-state index in [1.54, 1.807) is 36.4 Å². The van der Waals surface area contributed by atoms with Gasteiger partial charge >= 0.3 is 0 Å². The van der Waals surface area contributed by atoms with Gasteiger partial charge in [0.15, 0.2) is 5.43 Å². The van der Waals surface area contributed by atoms with Gasteiger partial charge < -0.3 is 0 Å². The van der Waals surface area contributed by atoms with Crippen LogP contribution < -0.4 is 5.43 Å². The van der Waals surface area contributed by atoms with Crippen molar-refractivity contribution in [2.24, 2.45) is 0 Å². The zero-order valence-corrected chi connectivity index (χ0v) is 12.4. The van der Waals surface area contributed by atoms with Crippen molar-refractivity contribution in [2.75, 3.05) is 0 Å². The van der Waals surface area contributed by atoms with Gasteiger partial charge in [-0.2, -0.15) is 0 Å². The average Bonchev–Trinajstić information content (AvgIpc) is 2.57. The van der Waals surface area contributed by atoms with Gasteiger partial charge in [-0.25, -0.2) is 8.42 Å². The van der Waals surface area contributed by atoms with Crippen LogP contribution in [0.4, 0.5) is 0 Å². The average molecular weight is 320 g/mol. The third-order valence-corrected chi connectivity index (χ3v) is 4.05. The first-order chi connectivity index (χ1) is 10.0. The molecule has 0 atom stereocenters. The van der Waals surface area contributed by atoms with Crippen molar-refractivity contribution < 1.29 is 8.42 Å². The fourth-order valence-corrected chi connectivity index (χ4v) is 2.92. The highest BCUT2D eigenvalue weighted by molar-refractivity contribution is 7.71. The van der Waals surface area contributed by atoms with Crippen LogP contribution in [0.2, 0.25) is 5.02 Å². The Morgan fingerprint density at radius 2 is 1.81 bits per heavy atom. The summed E-state index contributed by atoms with van der Waals surface area (Å²) in [6, 6.07) is 10.2. The lowest BCUT2D eigenvalue weighted by atomic mass is 10.1. The molecular weight excluding hydrogens is 310 g/mol. The van der Waals surface area contributed by atoms with Crippen LogP contribution >= 0.6 is 11.6 Å². The molecular formula is C15H10ClNO3S.